The van der Waals surface area contributed by atoms with Gasteiger partial charge in [-0.2, -0.15) is 0 Å². The highest BCUT2D eigenvalue weighted by molar-refractivity contribution is 5.18. The van der Waals surface area contributed by atoms with Crippen LogP contribution in [0.25, 0.3) is 0 Å². The Morgan fingerprint density at radius 2 is 1.92 bits per heavy atom. The molecule has 2 heteroatoms. The molecule has 0 aromatic heterocycles. The van der Waals surface area contributed by atoms with Crippen molar-refractivity contribution in [3.05, 3.63) is 23.8 Å². The molecule has 0 aromatic carbocycles. The Kier molecular flexibility index (Phi) is 16.0. The lowest BCUT2D eigenvalue weighted by Gasteiger charge is -1.97. The minimum absolute atomic E-state index is 0.250. The fourth-order valence-corrected chi connectivity index (χ4v) is 0.731. The SMILES string of the molecule is C/C=C(/C=C/CC)CNC.CCO. The second-order valence-corrected chi connectivity index (χ2v) is 2.52. The van der Waals surface area contributed by atoms with Gasteiger partial charge in [0.15, 0.2) is 0 Å². The summed E-state index contributed by atoms with van der Waals surface area (Å²) < 4.78 is 0. The molecule has 0 saturated heterocycles. The maximum absolute atomic E-state index is 7.57. The molecular formula is C11H23NO. The summed E-state index contributed by atoms with van der Waals surface area (Å²) in [7, 11) is 1.96. The molecule has 2 nitrogen and oxygen atoms in total. The first-order valence-corrected chi connectivity index (χ1v) is 4.83. The molecule has 0 amide bonds. The normalized spacial score (nSPS) is 11.3. The summed E-state index contributed by atoms with van der Waals surface area (Å²) in [6, 6.07) is 0. The van der Waals surface area contributed by atoms with Crippen LogP contribution in [-0.4, -0.2) is 25.3 Å². The largest absolute Gasteiger partial charge is 0.397 e. The van der Waals surface area contributed by atoms with Gasteiger partial charge in [0.1, 0.15) is 0 Å². The van der Waals surface area contributed by atoms with Crippen LogP contribution < -0.4 is 5.32 Å². The Bertz CT molecular complexity index is 139. The third-order valence-corrected chi connectivity index (χ3v) is 1.32. The molecule has 0 radical (unpaired) electrons. The van der Waals surface area contributed by atoms with Gasteiger partial charge in [0, 0.05) is 13.2 Å². The smallest absolute Gasteiger partial charge is 0.0402 e. The van der Waals surface area contributed by atoms with Gasteiger partial charge < -0.3 is 10.4 Å². The predicted molar refractivity (Wildman–Crippen MR) is 59.9 cm³/mol. The average molecular weight is 185 g/mol. The van der Waals surface area contributed by atoms with Crippen molar-refractivity contribution in [1.29, 1.82) is 0 Å². The molecule has 0 saturated carbocycles. The van der Waals surface area contributed by atoms with Crippen LogP contribution in [0.5, 0.6) is 0 Å². The van der Waals surface area contributed by atoms with E-state index in [9.17, 15) is 0 Å². The number of hydrogen-bond acceptors (Lipinski definition) is 2. The van der Waals surface area contributed by atoms with E-state index in [0.717, 1.165) is 13.0 Å². The molecule has 0 rings (SSSR count). The van der Waals surface area contributed by atoms with Crippen LogP contribution in [-0.2, 0) is 0 Å². The molecule has 0 aliphatic carbocycles. The van der Waals surface area contributed by atoms with E-state index in [1.807, 2.05) is 7.05 Å². The van der Waals surface area contributed by atoms with Crippen LogP contribution in [0, 0.1) is 0 Å². The molecule has 2 N–H and O–H groups in total. The molecule has 78 valence electrons. The number of allylic oxidation sites excluding steroid dienone is 2. The lowest BCUT2D eigenvalue weighted by atomic mass is 10.2. The van der Waals surface area contributed by atoms with Gasteiger partial charge in [-0.05, 0) is 32.9 Å². The van der Waals surface area contributed by atoms with Crippen LogP contribution >= 0.6 is 0 Å². The van der Waals surface area contributed by atoms with Crippen LogP contribution in [0.2, 0.25) is 0 Å². The van der Waals surface area contributed by atoms with Gasteiger partial charge in [0.2, 0.25) is 0 Å². The number of aliphatic hydroxyl groups excluding tert-OH is 1. The summed E-state index contributed by atoms with van der Waals surface area (Å²) in [4.78, 5) is 0. The molecule has 13 heavy (non-hydrogen) atoms. The minimum Gasteiger partial charge on any atom is -0.397 e. The third kappa shape index (κ3) is 14.3. The van der Waals surface area contributed by atoms with E-state index < -0.39 is 0 Å². The quantitative estimate of drug-likeness (QED) is 0.658. The highest BCUT2D eigenvalue weighted by Crippen LogP contribution is 1.95. The van der Waals surface area contributed by atoms with Crippen molar-refractivity contribution in [3.63, 3.8) is 0 Å². The standard InChI is InChI=1S/C9H17N.C2H6O/c1-4-6-7-9(5-2)8-10-3;1-2-3/h5-7,10H,4,8H2,1-3H3;3H,2H2,1H3/b7-6+,9-5-;. The Hall–Kier alpha value is -0.600. The van der Waals surface area contributed by atoms with Crippen LogP contribution in [0.15, 0.2) is 23.8 Å². The molecular weight excluding hydrogens is 162 g/mol. The van der Waals surface area contributed by atoms with E-state index in [-0.39, 0.29) is 6.61 Å². The third-order valence-electron chi connectivity index (χ3n) is 1.32. The number of rotatable bonds is 4. The van der Waals surface area contributed by atoms with Gasteiger partial charge in [0.25, 0.3) is 0 Å². The second-order valence-electron chi connectivity index (χ2n) is 2.52. The molecule has 0 unspecified atom stereocenters. The number of aliphatic hydroxyl groups is 1. The maximum Gasteiger partial charge on any atom is 0.0402 e. The lowest BCUT2D eigenvalue weighted by molar-refractivity contribution is 0.318. The topological polar surface area (TPSA) is 32.3 Å². The first kappa shape index (κ1) is 14.9. The van der Waals surface area contributed by atoms with Crippen molar-refractivity contribution in [2.75, 3.05) is 20.2 Å². The van der Waals surface area contributed by atoms with Gasteiger partial charge in [0.05, 0.1) is 0 Å². The van der Waals surface area contributed by atoms with Gasteiger partial charge >= 0.3 is 0 Å². The van der Waals surface area contributed by atoms with Crippen molar-refractivity contribution in [3.8, 4) is 0 Å². The van der Waals surface area contributed by atoms with Gasteiger partial charge in [-0.3, -0.25) is 0 Å². The van der Waals surface area contributed by atoms with E-state index in [1.165, 1.54) is 5.57 Å². The van der Waals surface area contributed by atoms with Crippen molar-refractivity contribution >= 4 is 0 Å². The van der Waals surface area contributed by atoms with Gasteiger partial charge in [-0.1, -0.05) is 25.2 Å². The van der Waals surface area contributed by atoms with Crippen molar-refractivity contribution in [2.45, 2.75) is 27.2 Å². The van der Waals surface area contributed by atoms with E-state index in [4.69, 9.17) is 5.11 Å². The van der Waals surface area contributed by atoms with E-state index in [2.05, 4.69) is 37.4 Å². The van der Waals surface area contributed by atoms with Gasteiger partial charge in [-0.25, -0.2) is 0 Å². The van der Waals surface area contributed by atoms with Crippen molar-refractivity contribution < 1.29 is 5.11 Å². The zero-order valence-corrected chi connectivity index (χ0v) is 9.30. The Morgan fingerprint density at radius 1 is 1.38 bits per heavy atom. The number of hydrogen-bond donors (Lipinski definition) is 2. The zero-order valence-electron chi connectivity index (χ0n) is 9.30. The minimum atomic E-state index is 0.250. The zero-order chi connectivity index (χ0) is 10.5. The average Bonchev–Trinajstić information content (AvgIpc) is 2.13. The molecule has 0 aliphatic rings. The van der Waals surface area contributed by atoms with Crippen molar-refractivity contribution in [1.82, 2.24) is 5.32 Å². The summed E-state index contributed by atoms with van der Waals surface area (Å²) in [6.07, 6.45) is 7.58. The van der Waals surface area contributed by atoms with Crippen LogP contribution in [0.3, 0.4) is 0 Å². The summed E-state index contributed by atoms with van der Waals surface area (Å²) in [5, 5.41) is 10.7. The highest BCUT2D eigenvalue weighted by Gasteiger charge is 1.84. The first-order valence-electron chi connectivity index (χ1n) is 4.83. The number of likely N-dealkylation sites (N-methyl/N-ethyl adjacent to an activating group) is 1. The van der Waals surface area contributed by atoms with E-state index in [1.54, 1.807) is 6.92 Å². The molecule has 0 atom stereocenters. The predicted octanol–water partition coefficient (Wildman–Crippen LogP) is 2.12. The lowest BCUT2D eigenvalue weighted by Crippen LogP contribution is -2.08. The second kappa shape index (κ2) is 14.0. The molecule has 0 fully saturated rings. The molecule has 0 heterocycles. The molecule has 0 aliphatic heterocycles. The summed E-state index contributed by atoms with van der Waals surface area (Å²) >= 11 is 0. The monoisotopic (exact) mass is 185 g/mol. The molecule has 0 aromatic rings. The van der Waals surface area contributed by atoms with E-state index >= 15 is 0 Å². The Morgan fingerprint density at radius 3 is 2.23 bits per heavy atom. The summed E-state index contributed by atoms with van der Waals surface area (Å²) in [6.45, 7) is 7.10. The fourth-order valence-electron chi connectivity index (χ4n) is 0.731. The summed E-state index contributed by atoms with van der Waals surface area (Å²) in [5.74, 6) is 0. The Balaban J connectivity index is 0. The van der Waals surface area contributed by atoms with Crippen LogP contribution in [0.4, 0.5) is 0 Å². The molecule has 0 spiro atoms. The fraction of sp³-hybridized carbons (Fsp3) is 0.636. The van der Waals surface area contributed by atoms with Gasteiger partial charge in [-0.15, -0.1) is 0 Å². The maximum atomic E-state index is 7.57. The summed E-state index contributed by atoms with van der Waals surface area (Å²) in [5.41, 5.74) is 1.35. The van der Waals surface area contributed by atoms with Crippen molar-refractivity contribution in [2.24, 2.45) is 0 Å². The first-order chi connectivity index (χ1) is 6.26. The Labute approximate surface area is 82.4 Å². The number of nitrogens with one attached hydrogen (secondary N) is 1. The highest BCUT2D eigenvalue weighted by atomic mass is 16.2. The van der Waals surface area contributed by atoms with E-state index in [0.29, 0.717) is 0 Å². The molecule has 0 bridgehead atoms. The van der Waals surface area contributed by atoms with Crippen LogP contribution in [0.1, 0.15) is 27.2 Å².